The number of hydrogen-bond donors (Lipinski definition) is 0. The first-order valence-electron chi connectivity index (χ1n) is 9.96. The van der Waals surface area contributed by atoms with Gasteiger partial charge in [-0.1, -0.05) is 20.3 Å². The molecule has 0 N–H and O–H groups in total. The SMILES string of the molecule is COc1ccc(COCC2C(C(=O)OC3CCCCC3)C2(C)C)c(OC)c1. The summed E-state index contributed by atoms with van der Waals surface area (Å²) >= 11 is 0. The van der Waals surface area contributed by atoms with Crippen LogP contribution in [0.1, 0.15) is 51.5 Å². The number of ether oxygens (including phenoxy) is 4. The van der Waals surface area contributed by atoms with Crippen LogP contribution in [0, 0.1) is 17.3 Å². The van der Waals surface area contributed by atoms with Crippen molar-refractivity contribution in [2.75, 3.05) is 20.8 Å². The van der Waals surface area contributed by atoms with Crippen molar-refractivity contribution < 1.29 is 23.7 Å². The molecular formula is C22H32O5. The molecular weight excluding hydrogens is 344 g/mol. The summed E-state index contributed by atoms with van der Waals surface area (Å²) in [6.45, 7) is 5.25. The average Bonchev–Trinajstić information content (AvgIpc) is 3.23. The zero-order valence-corrected chi connectivity index (χ0v) is 17.0. The Bertz CT molecular complexity index is 648. The van der Waals surface area contributed by atoms with Gasteiger partial charge in [0.15, 0.2) is 0 Å². The summed E-state index contributed by atoms with van der Waals surface area (Å²) in [4.78, 5) is 12.6. The lowest BCUT2D eigenvalue weighted by Crippen LogP contribution is -2.23. The van der Waals surface area contributed by atoms with Crippen LogP contribution >= 0.6 is 0 Å². The van der Waals surface area contributed by atoms with Crippen molar-refractivity contribution >= 4 is 5.97 Å². The maximum absolute atomic E-state index is 12.6. The number of carbonyl (C=O) groups excluding carboxylic acids is 1. The van der Waals surface area contributed by atoms with Crippen molar-refractivity contribution in [3.63, 3.8) is 0 Å². The van der Waals surface area contributed by atoms with Gasteiger partial charge in [-0.25, -0.2) is 0 Å². The van der Waals surface area contributed by atoms with Gasteiger partial charge in [0.25, 0.3) is 0 Å². The maximum atomic E-state index is 12.6. The van der Waals surface area contributed by atoms with E-state index >= 15 is 0 Å². The molecule has 2 atom stereocenters. The predicted octanol–water partition coefficient (Wildman–Crippen LogP) is 4.37. The molecule has 3 rings (SSSR count). The molecule has 0 saturated heterocycles. The fourth-order valence-electron chi connectivity index (χ4n) is 4.21. The third kappa shape index (κ3) is 4.57. The number of benzene rings is 1. The second kappa shape index (κ2) is 8.51. The maximum Gasteiger partial charge on any atom is 0.310 e. The Kier molecular flexibility index (Phi) is 6.30. The molecule has 0 amide bonds. The highest BCUT2D eigenvalue weighted by atomic mass is 16.5. The minimum atomic E-state index is -0.0598. The lowest BCUT2D eigenvalue weighted by molar-refractivity contribution is -0.153. The Morgan fingerprint density at radius 2 is 1.85 bits per heavy atom. The van der Waals surface area contributed by atoms with Crippen molar-refractivity contribution in [1.82, 2.24) is 0 Å². The average molecular weight is 376 g/mol. The molecule has 0 heterocycles. The van der Waals surface area contributed by atoms with Crippen molar-refractivity contribution in [3.05, 3.63) is 23.8 Å². The van der Waals surface area contributed by atoms with Crippen LogP contribution in [0.3, 0.4) is 0 Å². The number of carbonyl (C=O) groups is 1. The molecule has 0 aromatic heterocycles. The van der Waals surface area contributed by atoms with E-state index in [0.29, 0.717) is 13.2 Å². The minimum Gasteiger partial charge on any atom is -0.497 e. The van der Waals surface area contributed by atoms with E-state index < -0.39 is 0 Å². The summed E-state index contributed by atoms with van der Waals surface area (Å²) in [6.07, 6.45) is 5.74. The molecule has 2 aliphatic rings. The third-order valence-corrected chi connectivity index (χ3v) is 6.19. The van der Waals surface area contributed by atoms with Gasteiger partial charge in [0, 0.05) is 17.5 Å². The summed E-state index contributed by atoms with van der Waals surface area (Å²) in [5, 5.41) is 0. The lowest BCUT2D eigenvalue weighted by Gasteiger charge is -2.22. The fourth-order valence-corrected chi connectivity index (χ4v) is 4.21. The molecule has 1 aromatic rings. The number of esters is 1. The Labute approximate surface area is 162 Å². The molecule has 150 valence electrons. The first-order chi connectivity index (χ1) is 13.0. The van der Waals surface area contributed by atoms with Crippen molar-refractivity contribution in [2.45, 2.75) is 58.7 Å². The molecule has 5 nitrogen and oxygen atoms in total. The summed E-state index contributed by atoms with van der Waals surface area (Å²) < 4.78 is 22.4. The molecule has 0 aliphatic heterocycles. The molecule has 1 aromatic carbocycles. The van der Waals surface area contributed by atoms with E-state index in [2.05, 4.69) is 13.8 Å². The molecule has 0 spiro atoms. The van der Waals surface area contributed by atoms with Crippen LogP contribution in [-0.4, -0.2) is 32.9 Å². The summed E-state index contributed by atoms with van der Waals surface area (Å²) in [7, 11) is 3.27. The van der Waals surface area contributed by atoms with E-state index in [1.807, 2.05) is 18.2 Å². The summed E-state index contributed by atoms with van der Waals surface area (Å²) in [5.74, 6) is 1.61. The lowest BCUT2D eigenvalue weighted by atomic mass is 9.98. The molecule has 0 bridgehead atoms. The molecule has 2 fully saturated rings. The van der Waals surface area contributed by atoms with Gasteiger partial charge in [-0.3, -0.25) is 4.79 Å². The molecule has 5 heteroatoms. The second-order valence-corrected chi connectivity index (χ2v) is 8.30. The molecule has 2 aliphatic carbocycles. The topological polar surface area (TPSA) is 54.0 Å². The quantitative estimate of drug-likeness (QED) is 0.631. The second-order valence-electron chi connectivity index (χ2n) is 8.30. The minimum absolute atomic E-state index is 0.0393. The Morgan fingerprint density at radius 3 is 2.52 bits per heavy atom. The van der Waals surface area contributed by atoms with Crippen LogP contribution in [0.5, 0.6) is 11.5 Å². The van der Waals surface area contributed by atoms with E-state index in [1.54, 1.807) is 14.2 Å². The monoisotopic (exact) mass is 376 g/mol. The summed E-state index contributed by atoms with van der Waals surface area (Å²) in [5.41, 5.74) is 0.911. The fraction of sp³-hybridized carbons (Fsp3) is 0.682. The van der Waals surface area contributed by atoms with E-state index in [1.165, 1.54) is 19.3 Å². The molecule has 27 heavy (non-hydrogen) atoms. The highest BCUT2D eigenvalue weighted by molar-refractivity contribution is 5.77. The molecule has 2 saturated carbocycles. The van der Waals surface area contributed by atoms with E-state index in [4.69, 9.17) is 18.9 Å². The smallest absolute Gasteiger partial charge is 0.310 e. The van der Waals surface area contributed by atoms with Gasteiger partial charge in [0.1, 0.15) is 17.6 Å². The van der Waals surface area contributed by atoms with Gasteiger partial charge in [-0.05, 0) is 43.2 Å². The number of rotatable bonds is 8. The number of methoxy groups -OCH3 is 2. The van der Waals surface area contributed by atoms with Gasteiger partial charge in [0.2, 0.25) is 0 Å². The van der Waals surface area contributed by atoms with Crippen LogP contribution in [0.25, 0.3) is 0 Å². The van der Waals surface area contributed by atoms with Crippen LogP contribution in [0.4, 0.5) is 0 Å². The largest absolute Gasteiger partial charge is 0.497 e. The summed E-state index contributed by atoms with van der Waals surface area (Å²) in [6, 6.07) is 5.70. The van der Waals surface area contributed by atoms with Gasteiger partial charge < -0.3 is 18.9 Å². The van der Waals surface area contributed by atoms with Gasteiger partial charge in [-0.15, -0.1) is 0 Å². The zero-order chi connectivity index (χ0) is 19.4. The van der Waals surface area contributed by atoms with Gasteiger partial charge in [0.05, 0.1) is 33.4 Å². The standard InChI is InChI=1S/C22H32O5/c1-22(2)18(20(22)21(23)27-16-8-6-5-7-9-16)14-26-13-15-10-11-17(24-3)12-19(15)25-4/h10-12,16,18,20H,5-9,13-14H2,1-4H3. The first-order valence-corrected chi connectivity index (χ1v) is 9.96. The van der Waals surface area contributed by atoms with Crippen LogP contribution in [0.2, 0.25) is 0 Å². The van der Waals surface area contributed by atoms with Crippen LogP contribution in [-0.2, 0) is 20.9 Å². The van der Waals surface area contributed by atoms with Crippen molar-refractivity contribution in [3.8, 4) is 11.5 Å². The van der Waals surface area contributed by atoms with E-state index in [9.17, 15) is 4.79 Å². The molecule has 2 unspecified atom stereocenters. The van der Waals surface area contributed by atoms with Crippen molar-refractivity contribution in [1.29, 1.82) is 0 Å². The van der Waals surface area contributed by atoms with Gasteiger partial charge >= 0.3 is 5.97 Å². The Hall–Kier alpha value is -1.75. The predicted molar refractivity (Wildman–Crippen MR) is 103 cm³/mol. The number of hydrogen-bond acceptors (Lipinski definition) is 5. The first kappa shape index (κ1) is 20.0. The third-order valence-electron chi connectivity index (χ3n) is 6.19. The highest BCUT2D eigenvalue weighted by Crippen LogP contribution is 2.59. The highest BCUT2D eigenvalue weighted by Gasteiger charge is 2.62. The van der Waals surface area contributed by atoms with Crippen LogP contribution < -0.4 is 9.47 Å². The van der Waals surface area contributed by atoms with E-state index in [0.717, 1.165) is 29.9 Å². The van der Waals surface area contributed by atoms with E-state index in [-0.39, 0.29) is 29.3 Å². The zero-order valence-electron chi connectivity index (χ0n) is 17.0. The van der Waals surface area contributed by atoms with Gasteiger partial charge in [-0.2, -0.15) is 0 Å². The Balaban J connectivity index is 1.50. The van der Waals surface area contributed by atoms with Crippen molar-refractivity contribution in [2.24, 2.45) is 17.3 Å². The normalized spacial score (nSPS) is 24.3. The Morgan fingerprint density at radius 1 is 1.11 bits per heavy atom. The molecule has 0 radical (unpaired) electrons. The van der Waals surface area contributed by atoms with Crippen LogP contribution in [0.15, 0.2) is 18.2 Å².